The third-order valence-corrected chi connectivity index (χ3v) is 2.77. The molecular weight excluding hydrogens is 217 g/mol. The molecule has 1 aromatic rings. The summed E-state index contributed by atoms with van der Waals surface area (Å²) in [4.78, 5) is 0. The first kappa shape index (κ1) is 12.3. The van der Waals surface area contributed by atoms with Gasteiger partial charge in [0.05, 0.1) is 0 Å². The molecule has 2 nitrogen and oxygen atoms in total. The van der Waals surface area contributed by atoms with Gasteiger partial charge in [0.1, 0.15) is 11.6 Å². The average molecular weight is 232 g/mol. The average Bonchev–Trinajstić information content (AvgIpc) is 2.23. The molecule has 1 aromatic carbocycles. The number of rotatable bonds is 1. The summed E-state index contributed by atoms with van der Waals surface area (Å²) < 4.78 is 13.0. The fourth-order valence-electron chi connectivity index (χ4n) is 1.99. The summed E-state index contributed by atoms with van der Waals surface area (Å²) in [5, 5.41) is 12.8. The standard InChI is InChI=1S/C11H14FNO.ClH/c12-9-1-2-11(14)10(7-9)8-3-5-13-6-4-8;/h1-2,7-8,13-14H,3-6H2;1H. The third kappa shape index (κ3) is 2.83. The molecule has 0 aromatic heterocycles. The van der Waals surface area contributed by atoms with Crippen LogP contribution in [0.15, 0.2) is 18.2 Å². The molecule has 0 spiro atoms. The number of piperidine rings is 1. The lowest BCUT2D eigenvalue weighted by Crippen LogP contribution is -2.26. The van der Waals surface area contributed by atoms with Gasteiger partial charge in [-0.3, -0.25) is 0 Å². The number of benzene rings is 1. The van der Waals surface area contributed by atoms with Crippen LogP contribution >= 0.6 is 12.4 Å². The first-order valence-corrected chi connectivity index (χ1v) is 4.96. The number of halogens is 2. The molecule has 84 valence electrons. The van der Waals surface area contributed by atoms with Crippen molar-refractivity contribution >= 4 is 12.4 Å². The highest BCUT2D eigenvalue weighted by atomic mass is 35.5. The second-order valence-corrected chi connectivity index (χ2v) is 3.73. The van der Waals surface area contributed by atoms with E-state index in [4.69, 9.17) is 0 Å². The van der Waals surface area contributed by atoms with Gasteiger partial charge in [-0.2, -0.15) is 0 Å². The lowest BCUT2D eigenvalue weighted by atomic mass is 9.89. The third-order valence-electron chi connectivity index (χ3n) is 2.77. The van der Waals surface area contributed by atoms with Gasteiger partial charge in [0, 0.05) is 0 Å². The van der Waals surface area contributed by atoms with Crippen molar-refractivity contribution in [2.45, 2.75) is 18.8 Å². The van der Waals surface area contributed by atoms with Crippen molar-refractivity contribution in [1.82, 2.24) is 5.32 Å². The second kappa shape index (κ2) is 5.33. The Balaban J connectivity index is 0.00000112. The van der Waals surface area contributed by atoms with Crippen molar-refractivity contribution in [2.24, 2.45) is 0 Å². The van der Waals surface area contributed by atoms with Gasteiger partial charge in [-0.05, 0) is 55.6 Å². The molecule has 1 aliphatic rings. The minimum atomic E-state index is -0.267. The molecule has 0 saturated carbocycles. The minimum Gasteiger partial charge on any atom is -0.508 e. The molecule has 0 unspecified atom stereocenters. The van der Waals surface area contributed by atoms with Crippen molar-refractivity contribution in [3.05, 3.63) is 29.6 Å². The van der Waals surface area contributed by atoms with E-state index in [1.54, 1.807) is 0 Å². The summed E-state index contributed by atoms with van der Waals surface area (Å²) in [6.07, 6.45) is 1.94. The van der Waals surface area contributed by atoms with Crippen LogP contribution in [-0.4, -0.2) is 18.2 Å². The summed E-state index contributed by atoms with van der Waals surface area (Å²) in [6.45, 7) is 1.89. The molecular formula is C11H15ClFNO. The highest BCUT2D eigenvalue weighted by Crippen LogP contribution is 2.32. The van der Waals surface area contributed by atoms with Crippen molar-refractivity contribution in [3.8, 4) is 5.75 Å². The first-order valence-electron chi connectivity index (χ1n) is 4.96. The van der Waals surface area contributed by atoms with E-state index in [9.17, 15) is 9.50 Å². The molecule has 0 amide bonds. The summed E-state index contributed by atoms with van der Waals surface area (Å²) in [6, 6.07) is 4.18. The monoisotopic (exact) mass is 231 g/mol. The van der Waals surface area contributed by atoms with E-state index in [1.807, 2.05) is 0 Å². The highest BCUT2D eigenvalue weighted by molar-refractivity contribution is 5.85. The number of aromatic hydroxyl groups is 1. The Kier molecular flexibility index (Phi) is 4.36. The maximum Gasteiger partial charge on any atom is 0.123 e. The van der Waals surface area contributed by atoms with Gasteiger partial charge in [0.15, 0.2) is 0 Å². The molecule has 0 aliphatic carbocycles. The lowest BCUT2D eigenvalue weighted by Gasteiger charge is -2.23. The molecule has 0 bridgehead atoms. The van der Waals surface area contributed by atoms with Gasteiger partial charge in [0.2, 0.25) is 0 Å². The van der Waals surface area contributed by atoms with Crippen LogP contribution in [-0.2, 0) is 0 Å². The van der Waals surface area contributed by atoms with Gasteiger partial charge in [0.25, 0.3) is 0 Å². The molecule has 0 atom stereocenters. The molecule has 1 aliphatic heterocycles. The Labute approximate surface area is 94.9 Å². The second-order valence-electron chi connectivity index (χ2n) is 3.73. The Morgan fingerprint density at radius 3 is 2.60 bits per heavy atom. The normalized spacial score (nSPS) is 17.1. The predicted molar refractivity (Wildman–Crippen MR) is 60.2 cm³/mol. The van der Waals surface area contributed by atoms with Crippen LogP contribution in [0.4, 0.5) is 4.39 Å². The number of hydrogen-bond donors (Lipinski definition) is 2. The van der Waals surface area contributed by atoms with Crippen LogP contribution in [0.25, 0.3) is 0 Å². The van der Waals surface area contributed by atoms with Crippen molar-refractivity contribution in [2.75, 3.05) is 13.1 Å². The van der Waals surface area contributed by atoms with Crippen LogP contribution in [0.3, 0.4) is 0 Å². The Hall–Kier alpha value is -0.800. The summed E-state index contributed by atoms with van der Waals surface area (Å²) in [7, 11) is 0. The summed E-state index contributed by atoms with van der Waals surface area (Å²) in [5.74, 6) is 0.251. The van der Waals surface area contributed by atoms with Gasteiger partial charge < -0.3 is 10.4 Å². The van der Waals surface area contributed by atoms with Gasteiger partial charge in [-0.1, -0.05) is 0 Å². The number of nitrogens with one attached hydrogen (secondary N) is 1. The summed E-state index contributed by atoms with van der Waals surface area (Å²) >= 11 is 0. The fourth-order valence-corrected chi connectivity index (χ4v) is 1.99. The maximum atomic E-state index is 13.0. The Morgan fingerprint density at radius 2 is 1.93 bits per heavy atom. The first-order chi connectivity index (χ1) is 6.77. The quantitative estimate of drug-likeness (QED) is 0.778. The van der Waals surface area contributed by atoms with Crippen LogP contribution in [0.2, 0.25) is 0 Å². The van der Waals surface area contributed by atoms with Gasteiger partial charge in [-0.25, -0.2) is 4.39 Å². The number of hydrogen-bond acceptors (Lipinski definition) is 2. The molecule has 4 heteroatoms. The zero-order valence-corrected chi connectivity index (χ0v) is 9.19. The van der Waals surface area contributed by atoms with Crippen molar-refractivity contribution < 1.29 is 9.50 Å². The largest absolute Gasteiger partial charge is 0.508 e. The van der Waals surface area contributed by atoms with E-state index >= 15 is 0 Å². The van der Waals surface area contributed by atoms with E-state index in [0.717, 1.165) is 31.5 Å². The maximum absolute atomic E-state index is 13.0. The molecule has 1 saturated heterocycles. The smallest absolute Gasteiger partial charge is 0.123 e. The van der Waals surface area contributed by atoms with E-state index in [0.29, 0.717) is 5.92 Å². The fraction of sp³-hybridized carbons (Fsp3) is 0.455. The van der Waals surface area contributed by atoms with Gasteiger partial charge >= 0.3 is 0 Å². The molecule has 1 heterocycles. The number of phenols is 1. The van der Waals surface area contributed by atoms with E-state index < -0.39 is 0 Å². The van der Waals surface area contributed by atoms with Crippen molar-refractivity contribution in [1.29, 1.82) is 0 Å². The van der Waals surface area contributed by atoms with Crippen LogP contribution in [0.5, 0.6) is 5.75 Å². The van der Waals surface area contributed by atoms with E-state index in [2.05, 4.69) is 5.32 Å². The van der Waals surface area contributed by atoms with Gasteiger partial charge in [-0.15, -0.1) is 12.4 Å². The molecule has 2 N–H and O–H groups in total. The SMILES string of the molecule is Cl.Oc1ccc(F)cc1C1CCNCC1. The van der Waals surface area contributed by atoms with Crippen molar-refractivity contribution in [3.63, 3.8) is 0 Å². The Morgan fingerprint density at radius 1 is 1.27 bits per heavy atom. The topological polar surface area (TPSA) is 32.3 Å². The summed E-state index contributed by atoms with van der Waals surface area (Å²) in [5.41, 5.74) is 0.756. The predicted octanol–water partition coefficient (Wildman–Crippen LogP) is 2.42. The molecule has 0 radical (unpaired) electrons. The van der Waals surface area contributed by atoms with E-state index in [-0.39, 0.29) is 24.0 Å². The lowest BCUT2D eigenvalue weighted by molar-refractivity contribution is 0.422. The zero-order valence-electron chi connectivity index (χ0n) is 8.37. The highest BCUT2D eigenvalue weighted by Gasteiger charge is 2.18. The van der Waals surface area contributed by atoms with Crippen LogP contribution < -0.4 is 5.32 Å². The number of phenolic OH excluding ortho intramolecular Hbond substituents is 1. The van der Waals surface area contributed by atoms with Crippen LogP contribution in [0, 0.1) is 5.82 Å². The van der Waals surface area contributed by atoms with Crippen LogP contribution in [0.1, 0.15) is 24.3 Å². The molecule has 2 rings (SSSR count). The molecule has 15 heavy (non-hydrogen) atoms. The molecule has 1 fully saturated rings. The minimum absolute atomic E-state index is 0. The van der Waals surface area contributed by atoms with E-state index in [1.165, 1.54) is 18.2 Å². The zero-order chi connectivity index (χ0) is 9.97. The Bertz CT molecular complexity index is 326.